The van der Waals surface area contributed by atoms with Crippen molar-refractivity contribution in [2.45, 2.75) is 13.0 Å². The molecule has 16 heavy (non-hydrogen) atoms. The van der Waals surface area contributed by atoms with Crippen molar-refractivity contribution in [1.82, 2.24) is 5.32 Å². The van der Waals surface area contributed by atoms with Crippen molar-refractivity contribution in [1.29, 1.82) is 0 Å². The molecule has 1 aliphatic heterocycles. The molecule has 82 valence electrons. The van der Waals surface area contributed by atoms with E-state index in [1.807, 2.05) is 6.07 Å². The van der Waals surface area contributed by atoms with E-state index in [4.69, 9.17) is 4.74 Å². The van der Waals surface area contributed by atoms with E-state index >= 15 is 0 Å². The number of carbonyl (C=O) groups excluding carboxylic acids is 2. The third kappa shape index (κ3) is 2.11. The monoisotopic (exact) mass is 217 g/mol. The van der Waals surface area contributed by atoms with Crippen LogP contribution in [0.4, 0.5) is 0 Å². The van der Waals surface area contributed by atoms with Crippen LogP contribution >= 0.6 is 0 Å². The summed E-state index contributed by atoms with van der Waals surface area (Å²) in [5.74, 6) is -0.659. The average Bonchev–Trinajstić information content (AvgIpc) is 2.59. The minimum Gasteiger partial charge on any atom is -0.453 e. The van der Waals surface area contributed by atoms with Gasteiger partial charge in [0.25, 0.3) is 5.91 Å². The Morgan fingerprint density at radius 2 is 2.00 bits per heavy atom. The standard InChI is InChI=1S/C12H11NO3/c1-8-10(7-11(14)16-8)13-12(15)9-5-3-2-4-6-9/h2-8H,1H3,(H,13,15). The molecule has 2 rings (SSSR count). The molecule has 1 aromatic rings. The summed E-state index contributed by atoms with van der Waals surface area (Å²) < 4.78 is 4.86. The molecule has 1 atom stereocenters. The van der Waals surface area contributed by atoms with E-state index in [-0.39, 0.29) is 12.0 Å². The lowest BCUT2D eigenvalue weighted by Crippen LogP contribution is -2.27. The van der Waals surface area contributed by atoms with Crippen LogP contribution in [0.15, 0.2) is 42.1 Å². The minimum atomic E-state index is -0.420. The molecule has 0 radical (unpaired) electrons. The third-order valence-corrected chi connectivity index (χ3v) is 2.30. The summed E-state index contributed by atoms with van der Waals surface area (Å²) in [6.07, 6.45) is 0.908. The quantitative estimate of drug-likeness (QED) is 0.758. The molecule has 1 aliphatic rings. The second-order valence-corrected chi connectivity index (χ2v) is 3.50. The minimum absolute atomic E-state index is 0.239. The number of ether oxygens (including phenoxy) is 1. The van der Waals surface area contributed by atoms with Crippen molar-refractivity contribution in [3.05, 3.63) is 47.7 Å². The van der Waals surface area contributed by atoms with Gasteiger partial charge < -0.3 is 10.1 Å². The smallest absolute Gasteiger partial charge is 0.333 e. The van der Waals surface area contributed by atoms with Crippen molar-refractivity contribution in [3.63, 3.8) is 0 Å². The molecule has 0 spiro atoms. The lowest BCUT2D eigenvalue weighted by Gasteiger charge is -2.09. The summed E-state index contributed by atoms with van der Waals surface area (Å²) in [6, 6.07) is 8.81. The predicted molar refractivity (Wildman–Crippen MR) is 57.5 cm³/mol. The SMILES string of the molecule is CC1OC(=O)C=C1NC(=O)c1ccccc1. The molecular weight excluding hydrogens is 206 g/mol. The summed E-state index contributed by atoms with van der Waals surface area (Å²) >= 11 is 0. The van der Waals surface area contributed by atoms with Crippen LogP contribution in [0.1, 0.15) is 17.3 Å². The van der Waals surface area contributed by atoms with Crippen LogP contribution in [-0.4, -0.2) is 18.0 Å². The van der Waals surface area contributed by atoms with E-state index in [0.29, 0.717) is 11.3 Å². The summed E-state index contributed by atoms with van der Waals surface area (Å²) in [5.41, 5.74) is 1.05. The van der Waals surface area contributed by atoms with E-state index in [1.165, 1.54) is 6.08 Å². The van der Waals surface area contributed by atoms with E-state index in [1.54, 1.807) is 31.2 Å². The number of esters is 1. The summed E-state index contributed by atoms with van der Waals surface area (Å²) in [5, 5.41) is 2.65. The van der Waals surface area contributed by atoms with Crippen LogP contribution in [0, 0.1) is 0 Å². The number of benzene rings is 1. The molecule has 1 aromatic carbocycles. The second kappa shape index (κ2) is 4.18. The molecular formula is C12H11NO3. The first kappa shape index (κ1) is 10.4. The topological polar surface area (TPSA) is 55.4 Å². The molecule has 1 heterocycles. The highest BCUT2D eigenvalue weighted by atomic mass is 16.5. The Hall–Kier alpha value is -2.10. The van der Waals surface area contributed by atoms with Gasteiger partial charge in [0.05, 0.1) is 5.70 Å². The summed E-state index contributed by atoms with van der Waals surface area (Å²) in [4.78, 5) is 22.7. The van der Waals surface area contributed by atoms with Crippen molar-refractivity contribution in [2.75, 3.05) is 0 Å². The highest BCUT2D eigenvalue weighted by Gasteiger charge is 2.23. The summed E-state index contributed by atoms with van der Waals surface area (Å²) in [6.45, 7) is 1.71. The first-order valence-corrected chi connectivity index (χ1v) is 4.95. The summed E-state index contributed by atoms with van der Waals surface area (Å²) in [7, 11) is 0. The lowest BCUT2D eigenvalue weighted by molar-refractivity contribution is -0.138. The van der Waals surface area contributed by atoms with Gasteiger partial charge in [-0.05, 0) is 19.1 Å². The third-order valence-electron chi connectivity index (χ3n) is 2.30. The molecule has 0 saturated heterocycles. The van der Waals surface area contributed by atoms with Crippen LogP contribution in [0.3, 0.4) is 0 Å². The number of hydrogen-bond acceptors (Lipinski definition) is 3. The number of rotatable bonds is 2. The van der Waals surface area contributed by atoms with Gasteiger partial charge in [0.2, 0.25) is 0 Å². The fraction of sp³-hybridized carbons (Fsp3) is 0.167. The zero-order valence-electron chi connectivity index (χ0n) is 8.77. The number of nitrogens with one attached hydrogen (secondary N) is 1. The highest BCUT2D eigenvalue weighted by Crippen LogP contribution is 2.12. The van der Waals surface area contributed by atoms with Gasteiger partial charge in [0.15, 0.2) is 0 Å². The van der Waals surface area contributed by atoms with Crippen molar-refractivity contribution >= 4 is 11.9 Å². The average molecular weight is 217 g/mol. The first-order chi connectivity index (χ1) is 7.66. The fourth-order valence-electron chi connectivity index (χ4n) is 1.45. The van der Waals surface area contributed by atoms with Gasteiger partial charge in [-0.15, -0.1) is 0 Å². The molecule has 1 N–H and O–H groups in total. The second-order valence-electron chi connectivity index (χ2n) is 3.50. The zero-order valence-corrected chi connectivity index (χ0v) is 8.77. The van der Waals surface area contributed by atoms with Crippen LogP contribution in [0.2, 0.25) is 0 Å². The van der Waals surface area contributed by atoms with Gasteiger partial charge in [-0.3, -0.25) is 4.79 Å². The molecule has 0 aliphatic carbocycles. The van der Waals surface area contributed by atoms with E-state index in [9.17, 15) is 9.59 Å². The number of cyclic esters (lactones) is 1. The van der Waals surface area contributed by atoms with Crippen molar-refractivity contribution in [3.8, 4) is 0 Å². The highest BCUT2D eigenvalue weighted by molar-refractivity contribution is 5.96. The fourth-order valence-corrected chi connectivity index (χ4v) is 1.45. The van der Waals surface area contributed by atoms with Gasteiger partial charge in [-0.2, -0.15) is 0 Å². The number of amides is 1. The molecule has 0 bridgehead atoms. The van der Waals surface area contributed by atoms with Gasteiger partial charge in [0, 0.05) is 11.6 Å². The molecule has 4 heteroatoms. The predicted octanol–water partition coefficient (Wildman–Crippen LogP) is 1.25. The molecule has 0 fully saturated rings. The lowest BCUT2D eigenvalue weighted by atomic mass is 10.2. The van der Waals surface area contributed by atoms with Crippen LogP contribution in [0.25, 0.3) is 0 Å². The van der Waals surface area contributed by atoms with Crippen LogP contribution in [0.5, 0.6) is 0 Å². The Morgan fingerprint density at radius 1 is 1.31 bits per heavy atom. The maximum atomic E-state index is 11.7. The Bertz CT molecular complexity index is 451. The Kier molecular flexibility index (Phi) is 2.72. The van der Waals surface area contributed by atoms with Gasteiger partial charge >= 0.3 is 5.97 Å². The van der Waals surface area contributed by atoms with Crippen molar-refractivity contribution < 1.29 is 14.3 Å². The molecule has 0 aromatic heterocycles. The normalized spacial score (nSPS) is 18.9. The number of carbonyl (C=O) groups is 2. The maximum Gasteiger partial charge on any atom is 0.333 e. The zero-order chi connectivity index (χ0) is 11.5. The van der Waals surface area contributed by atoms with Gasteiger partial charge in [-0.25, -0.2) is 4.79 Å². The number of hydrogen-bond donors (Lipinski definition) is 1. The largest absolute Gasteiger partial charge is 0.453 e. The van der Waals surface area contributed by atoms with Gasteiger partial charge in [0.1, 0.15) is 6.10 Å². The Morgan fingerprint density at radius 3 is 2.56 bits per heavy atom. The van der Waals surface area contributed by atoms with Crippen LogP contribution in [-0.2, 0) is 9.53 Å². The Balaban J connectivity index is 2.09. The molecule has 1 amide bonds. The maximum absolute atomic E-state index is 11.7. The molecule has 1 unspecified atom stereocenters. The van der Waals surface area contributed by atoms with Gasteiger partial charge in [-0.1, -0.05) is 18.2 Å². The van der Waals surface area contributed by atoms with Crippen LogP contribution < -0.4 is 5.32 Å². The Labute approximate surface area is 92.9 Å². The van der Waals surface area contributed by atoms with E-state index in [0.717, 1.165) is 0 Å². The van der Waals surface area contributed by atoms with E-state index in [2.05, 4.69) is 5.32 Å². The molecule has 4 nitrogen and oxygen atoms in total. The first-order valence-electron chi connectivity index (χ1n) is 4.95. The van der Waals surface area contributed by atoms with E-state index < -0.39 is 5.97 Å². The van der Waals surface area contributed by atoms with Crippen molar-refractivity contribution in [2.24, 2.45) is 0 Å². The molecule has 0 saturated carbocycles.